The first-order valence-corrected chi connectivity index (χ1v) is 6.57. The molecule has 4 heteroatoms. The van der Waals surface area contributed by atoms with Gasteiger partial charge in [-0.25, -0.2) is 0 Å². The summed E-state index contributed by atoms with van der Waals surface area (Å²) in [7, 11) is 0. The summed E-state index contributed by atoms with van der Waals surface area (Å²) in [6, 6.07) is 3.95. The Labute approximate surface area is 101 Å². The molecule has 1 aromatic heterocycles. The van der Waals surface area contributed by atoms with Crippen LogP contribution in [0.1, 0.15) is 39.0 Å². The lowest BCUT2D eigenvalue weighted by molar-refractivity contribution is 0.442. The SMILES string of the molecule is CC(N=C1NC(C)(C)CCS1)c1ccco1. The van der Waals surface area contributed by atoms with E-state index < -0.39 is 0 Å². The summed E-state index contributed by atoms with van der Waals surface area (Å²) in [4.78, 5) is 4.65. The topological polar surface area (TPSA) is 37.5 Å². The van der Waals surface area contributed by atoms with Crippen molar-refractivity contribution in [2.24, 2.45) is 4.99 Å². The van der Waals surface area contributed by atoms with Crippen molar-refractivity contribution >= 4 is 16.9 Å². The van der Waals surface area contributed by atoms with Crippen LogP contribution in [-0.4, -0.2) is 16.5 Å². The molecule has 1 fully saturated rings. The molecule has 0 radical (unpaired) electrons. The van der Waals surface area contributed by atoms with Crippen LogP contribution in [0, 0.1) is 0 Å². The maximum atomic E-state index is 5.34. The fourth-order valence-corrected chi connectivity index (χ4v) is 3.02. The number of furan rings is 1. The van der Waals surface area contributed by atoms with Gasteiger partial charge in [-0.1, -0.05) is 11.8 Å². The molecule has 0 saturated carbocycles. The maximum Gasteiger partial charge on any atom is 0.157 e. The van der Waals surface area contributed by atoms with Crippen molar-refractivity contribution in [2.45, 2.75) is 38.8 Å². The van der Waals surface area contributed by atoms with E-state index >= 15 is 0 Å². The van der Waals surface area contributed by atoms with Gasteiger partial charge in [0, 0.05) is 11.3 Å². The zero-order valence-electron chi connectivity index (χ0n) is 9.99. The molecule has 2 heterocycles. The summed E-state index contributed by atoms with van der Waals surface area (Å²) in [6.07, 6.45) is 2.86. The summed E-state index contributed by atoms with van der Waals surface area (Å²) in [5, 5.41) is 4.48. The maximum absolute atomic E-state index is 5.34. The van der Waals surface area contributed by atoms with E-state index in [0.29, 0.717) is 0 Å². The quantitative estimate of drug-likeness (QED) is 0.859. The molecule has 1 saturated heterocycles. The van der Waals surface area contributed by atoms with Crippen molar-refractivity contribution in [3.8, 4) is 0 Å². The lowest BCUT2D eigenvalue weighted by Crippen LogP contribution is -2.46. The van der Waals surface area contributed by atoms with Crippen LogP contribution in [0.2, 0.25) is 0 Å². The molecule has 1 unspecified atom stereocenters. The average Bonchev–Trinajstić information content (AvgIpc) is 2.68. The van der Waals surface area contributed by atoms with Crippen molar-refractivity contribution in [3.63, 3.8) is 0 Å². The van der Waals surface area contributed by atoms with Gasteiger partial charge in [0.15, 0.2) is 5.17 Å². The highest BCUT2D eigenvalue weighted by molar-refractivity contribution is 8.13. The van der Waals surface area contributed by atoms with Crippen molar-refractivity contribution in [1.82, 2.24) is 5.32 Å². The second-order valence-corrected chi connectivity index (χ2v) is 5.82. The Morgan fingerprint density at radius 3 is 3.00 bits per heavy atom. The number of nitrogens with one attached hydrogen (secondary N) is 1. The summed E-state index contributed by atoms with van der Waals surface area (Å²) in [5.74, 6) is 2.04. The van der Waals surface area contributed by atoms with E-state index in [1.165, 1.54) is 6.42 Å². The van der Waals surface area contributed by atoms with E-state index in [1.54, 1.807) is 18.0 Å². The van der Waals surface area contributed by atoms with Crippen LogP contribution in [0.4, 0.5) is 0 Å². The Balaban J connectivity index is 2.06. The minimum Gasteiger partial charge on any atom is -0.467 e. The zero-order chi connectivity index (χ0) is 11.6. The Morgan fingerprint density at radius 1 is 1.56 bits per heavy atom. The second kappa shape index (κ2) is 4.53. The first kappa shape index (κ1) is 11.6. The molecule has 1 N–H and O–H groups in total. The van der Waals surface area contributed by atoms with Crippen molar-refractivity contribution in [2.75, 3.05) is 5.75 Å². The highest BCUT2D eigenvalue weighted by Crippen LogP contribution is 2.25. The van der Waals surface area contributed by atoms with Crippen LogP contribution in [0.3, 0.4) is 0 Å². The molecule has 0 aliphatic carbocycles. The Hall–Kier alpha value is -0.900. The Bertz CT molecular complexity index is 370. The van der Waals surface area contributed by atoms with E-state index in [4.69, 9.17) is 4.42 Å². The molecule has 2 rings (SSSR count). The standard InChI is InChI=1S/C12H18N2OS/c1-9(10-5-4-7-15-10)13-11-14-12(2,3)6-8-16-11/h4-5,7,9H,6,8H2,1-3H3,(H,13,14). The average molecular weight is 238 g/mol. The second-order valence-electron chi connectivity index (χ2n) is 4.73. The van der Waals surface area contributed by atoms with Crippen molar-refractivity contribution < 1.29 is 4.42 Å². The van der Waals surface area contributed by atoms with Crippen LogP contribution in [0.15, 0.2) is 27.8 Å². The van der Waals surface area contributed by atoms with Crippen LogP contribution in [-0.2, 0) is 0 Å². The van der Waals surface area contributed by atoms with Gasteiger partial charge in [0.25, 0.3) is 0 Å². The third kappa shape index (κ3) is 2.82. The van der Waals surface area contributed by atoms with Crippen LogP contribution >= 0.6 is 11.8 Å². The van der Waals surface area contributed by atoms with Gasteiger partial charge in [-0.15, -0.1) is 0 Å². The normalized spacial score (nSPS) is 24.1. The molecule has 0 aromatic carbocycles. The third-order valence-electron chi connectivity index (χ3n) is 2.68. The number of hydrogen-bond donors (Lipinski definition) is 1. The number of hydrogen-bond acceptors (Lipinski definition) is 3. The van der Waals surface area contributed by atoms with E-state index in [9.17, 15) is 0 Å². The fraction of sp³-hybridized carbons (Fsp3) is 0.583. The van der Waals surface area contributed by atoms with Crippen molar-refractivity contribution in [3.05, 3.63) is 24.2 Å². The highest BCUT2D eigenvalue weighted by Gasteiger charge is 2.24. The lowest BCUT2D eigenvalue weighted by atomic mass is 10.0. The molecule has 1 aliphatic rings. The predicted octanol–water partition coefficient (Wildman–Crippen LogP) is 3.20. The van der Waals surface area contributed by atoms with E-state index in [2.05, 4.69) is 31.1 Å². The van der Waals surface area contributed by atoms with Crippen molar-refractivity contribution in [1.29, 1.82) is 0 Å². The Morgan fingerprint density at radius 2 is 2.38 bits per heavy atom. The number of rotatable bonds is 2. The summed E-state index contributed by atoms with van der Waals surface area (Å²) in [6.45, 7) is 6.47. The number of amidine groups is 1. The van der Waals surface area contributed by atoms with Crippen LogP contribution < -0.4 is 5.32 Å². The number of thioether (sulfide) groups is 1. The zero-order valence-corrected chi connectivity index (χ0v) is 10.8. The third-order valence-corrected chi connectivity index (χ3v) is 3.57. The van der Waals surface area contributed by atoms with Crippen LogP contribution in [0.5, 0.6) is 0 Å². The van der Waals surface area contributed by atoms with Gasteiger partial charge in [0.05, 0.1) is 6.26 Å². The first-order valence-electron chi connectivity index (χ1n) is 5.59. The van der Waals surface area contributed by atoms with Gasteiger partial charge < -0.3 is 9.73 Å². The first-order chi connectivity index (χ1) is 7.57. The van der Waals surface area contributed by atoms with E-state index in [-0.39, 0.29) is 11.6 Å². The lowest BCUT2D eigenvalue weighted by Gasteiger charge is -2.32. The number of nitrogens with zero attached hydrogens (tertiary/aromatic N) is 1. The van der Waals surface area contributed by atoms with Gasteiger partial charge in [-0.05, 0) is 39.3 Å². The van der Waals surface area contributed by atoms with E-state index in [1.807, 2.05) is 12.1 Å². The molecule has 3 nitrogen and oxygen atoms in total. The molecule has 1 aliphatic heterocycles. The molecule has 0 spiro atoms. The molecule has 88 valence electrons. The molecular formula is C12H18N2OS. The van der Waals surface area contributed by atoms with Crippen LogP contribution in [0.25, 0.3) is 0 Å². The minimum absolute atomic E-state index is 0.0823. The molecule has 16 heavy (non-hydrogen) atoms. The minimum atomic E-state index is 0.0823. The van der Waals surface area contributed by atoms with Gasteiger partial charge in [-0.3, -0.25) is 4.99 Å². The summed E-state index contributed by atoms with van der Waals surface area (Å²) >= 11 is 1.79. The fourth-order valence-electron chi connectivity index (χ4n) is 1.63. The molecule has 1 aromatic rings. The molecule has 1 atom stereocenters. The summed E-state index contributed by atoms with van der Waals surface area (Å²) in [5.41, 5.74) is 0.160. The molecular weight excluding hydrogens is 220 g/mol. The monoisotopic (exact) mass is 238 g/mol. The Kier molecular flexibility index (Phi) is 3.28. The van der Waals surface area contributed by atoms with Gasteiger partial charge >= 0.3 is 0 Å². The van der Waals surface area contributed by atoms with Gasteiger partial charge in [-0.2, -0.15) is 0 Å². The van der Waals surface area contributed by atoms with Gasteiger partial charge in [0.1, 0.15) is 11.8 Å². The largest absolute Gasteiger partial charge is 0.467 e. The van der Waals surface area contributed by atoms with Gasteiger partial charge in [0.2, 0.25) is 0 Å². The van der Waals surface area contributed by atoms with E-state index in [0.717, 1.165) is 16.7 Å². The predicted molar refractivity (Wildman–Crippen MR) is 68.8 cm³/mol. The molecule has 0 bridgehead atoms. The smallest absolute Gasteiger partial charge is 0.157 e. The summed E-state index contributed by atoms with van der Waals surface area (Å²) < 4.78 is 5.34. The molecule has 0 amide bonds. The highest BCUT2D eigenvalue weighted by atomic mass is 32.2. The number of aliphatic imine (C=N–C) groups is 1.